The number of hydrogen-bond acceptors (Lipinski definition) is 4. The molecule has 3 aromatic rings. The predicted molar refractivity (Wildman–Crippen MR) is 138 cm³/mol. The van der Waals surface area contributed by atoms with Crippen molar-refractivity contribution in [1.29, 1.82) is 0 Å². The summed E-state index contributed by atoms with van der Waals surface area (Å²) in [5, 5.41) is 2.52. The molecule has 2 heterocycles. The number of aryl methyl sites for hydroxylation is 1. The molecule has 0 unspecified atom stereocenters. The van der Waals surface area contributed by atoms with Gasteiger partial charge in [0.15, 0.2) is 0 Å². The third kappa shape index (κ3) is 6.10. The first-order chi connectivity index (χ1) is 18.1. The molecule has 1 aliphatic heterocycles. The van der Waals surface area contributed by atoms with Gasteiger partial charge in [0.05, 0.1) is 12.7 Å². The summed E-state index contributed by atoms with van der Waals surface area (Å²) in [7, 11) is 1.61. The first-order valence-electron chi connectivity index (χ1n) is 12.2. The van der Waals surface area contributed by atoms with Crippen LogP contribution < -0.4 is 10.1 Å². The zero-order valence-corrected chi connectivity index (χ0v) is 21.4. The van der Waals surface area contributed by atoms with E-state index in [-0.39, 0.29) is 17.6 Å². The van der Waals surface area contributed by atoms with Crippen molar-refractivity contribution < 1.29 is 31.9 Å². The van der Waals surface area contributed by atoms with Crippen molar-refractivity contribution in [3.63, 3.8) is 0 Å². The van der Waals surface area contributed by atoms with E-state index in [9.17, 15) is 22.8 Å². The largest absolute Gasteiger partial charge is 0.497 e. The van der Waals surface area contributed by atoms with Crippen LogP contribution in [-0.2, 0) is 11.0 Å². The van der Waals surface area contributed by atoms with Crippen molar-refractivity contribution in [1.82, 2.24) is 4.90 Å². The standard InChI is InChI=1S/C29H29F3N2O4/c1-18(16-20-4-10-24(37-3)11-5-20)28(36)34-14-12-22(13-15-34)21-6-8-23(9-7-21)33-27(35)26-19(2)38-17-25(26)29(30,31)32/h4-11,16-17,22H,12-15H2,1-3H3,(H,33,35)/b18-16+. The molecule has 200 valence electrons. The van der Waals surface area contributed by atoms with E-state index in [4.69, 9.17) is 9.15 Å². The number of alkyl halides is 3. The fourth-order valence-corrected chi connectivity index (χ4v) is 4.65. The summed E-state index contributed by atoms with van der Waals surface area (Å²) in [6.45, 7) is 4.38. The Kier molecular flexibility index (Phi) is 7.94. The number of hydrogen-bond donors (Lipinski definition) is 1. The first-order valence-corrected chi connectivity index (χ1v) is 12.2. The number of methoxy groups -OCH3 is 1. The topological polar surface area (TPSA) is 71.8 Å². The van der Waals surface area contributed by atoms with Gasteiger partial charge in [0.25, 0.3) is 5.91 Å². The number of piperidine rings is 1. The van der Waals surface area contributed by atoms with Gasteiger partial charge in [-0.2, -0.15) is 13.2 Å². The van der Waals surface area contributed by atoms with Crippen LogP contribution in [-0.4, -0.2) is 36.9 Å². The molecule has 0 spiro atoms. The molecule has 0 radical (unpaired) electrons. The summed E-state index contributed by atoms with van der Waals surface area (Å²) in [6.07, 6.45) is -0.689. The van der Waals surface area contributed by atoms with Gasteiger partial charge in [0.2, 0.25) is 5.91 Å². The maximum absolute atomic E-state index is 13.2. The lowest BCUT2D eigenvalue weighted by atomic mass is 9.89. The first kappa shape index (κ1) is 27.0. The van der Waals surface area contributed by atoms with E-state index in [1.165, 1.54) is 6.92 Å². The number of amides is 2. The van der Waals surface area contributed by atoms with E-state index in [0.717, 1.165) is 29.7 Å². The smallest absolute Gasteiger partial charge is 0.420 e. The van der Waals surface area contributed by atoms with Crippen LogP contribution in [0.25, 0.3) is 6.08 Å². The Morgan fingerprint density at radius 1 is 1.05 bits per heavy atom. The van der Waals surface area contributed by atoms with Gasteiger partial charge in [-0.1, -0.05) is 24.3 Å². The molecule has 1 fully saturated rings. The molecule has 0 aliphatic carbocycles. The third-order valence-corrected chi connectivity index (χ3v) is 6.77. The highest BCUT2D eigenvalue weighted by atomic mass is 19.4. The van der Waals surface area contributed by atoms with Crippen LogP contribution in [0.4, 0.5) is 18.9 Å². The van der Waals surface area contributed by atoms with Crippen LogP contribution in [0.1, 0.15) is 58.5 Å². The quantitative estimate of drug-likeness (QED) is 0.364. The Bertz CT molecular complexity index is 1320. The predicted octanol–water partition coefficient (Wildman–Crippen LogP) is 6.68. The summed E-state index contributed by atoms with van der Waals surface area (Å²) in [5.41, 5.74) is 1.41. The van der Waals surface area contributed by atoms with Crippen LogP contribution in [0.5, 0.6) is 5.75 Å². The second-order valence-electron chi connectivity index (χ2n) is 9.32. The summed E-state index contributed by atoms with van der Waals surface area (Å²) in [4.78, 5) is 27.3. The van der Waals surface area contributed by atoms with Gasteiger partial charge >= 0.3 is 6.18 Å². The molecule has 4 rings (SSSR count). The monoisotopic (exact) mass is 526 g/mol. The molecule has 9 heteroatoms. The van der Waals surface area contributed by atoms with E-state index in [1.54, 1.807) is 19.2 Å². The normalized spacial score (nSPS) is 14.9. The number of carbonyl (C=O) groups excluding carboxylic acids is 2. The Hall–Kier alpha value is -4.01. The minimum absolute atomic E-state index is 0.00472. The highest BCUT2D eigenvalue weighted by Crippen LogP contribution is 2.35. The van der Waals surface area contributed by atoms with Gasteiger partial charge in [-0.15, -0.1) is 0 Å². The molecular formula is C29H29F3N2O4. The van der Waals surface area contributed by atoms with Crippen molar-refractivity contribution in [2.24, 2.45) is 0 Å². The average Bonchev–Trinajstić information content (AvgIpc) is 3.31. The number of halogens is 3. The zero-order chi connectivity index (χ0) is 27.4. The molecule has 0 saturated carbocycles. The van der Waals surface area contributed by atoms with E-state index in [2.05, 4.69) is 5.32 Å². The molecule has 2 amide bonds. The molecule has 38 heavy (non-hydrogen) atoms. The molecule has 0 bridgehead atoms. The van der Waals surface area contributed by atoms with Gasteiger partial charge in [0, 0.05) is 24.4 Å². The lowest BCUT2D eigenvalue weighted by Crippen LogP contribution is -2.38. The average molecular weight is 527 g/mol. The number of furan rings is 1. The summed E-state index contributed by atoms with van der Waals surface area (Å²) >= 11 is 0. The SMILES string of the molecule is COc1ccc(/C=C(\C)C(=O)N2CCC(c3ccc(NC(=O)c4c(C(F)(F)F)coc4C)cc3)CC2)cc1. The van der Waals surface area contributed by atoms with Crippen molar-refractivity contribution in [3.05, 3.63) is 88.4 Å². The molecule has 1 aliphatic rings. The van der Waals surface area contributed by atoms with Crippen LogP contribution >= 0.6 is 0 Å². The summed E-state index contributed by atoms with van der Waals surface area (Å²) in [5.74, 6) is 0.0306. The highest BCUT2D eigenvalue weighted by Gasteiger charge is 2.38. The van der Waals surface area contributed by atoms with Crippen molar-refractivity contribution >= 4 is 23.6 Å². The number of nitrogens with zero attached hydrogens (tertiary/aromatic N) is 1. The second kappa shape index (κ2) is 11.2. The van der Waals surface area contributed by atoms with Crippen LogP contribution in [0, 0.1) is 6.92 Å². The number of nitrogens with one attached hydrogen (secondary N) is 1. The maximum atomic E-state index is 13.2. The lowest BCUT2D eigenvalue weighted by molar-refractivity contribution is -0.138. The van der Waals surface area contributed by atoms with Gasteiger partial charge in [-0.3, -0.25) is 9.59 Å². The van der Waals surface area contributed by atoms with Gasteiger partial charge in [-0.05, 0) is 74.1 Å². The minimum Gasteiger partial charge on any atom is -0.497 e. The Labute approximate surface area is 219 Å². The van der Waals surface area contributed by atoms with Crippen molar-refractivity contribution in [3.8, 4) is 5.75 Å². The summed E-state index contributed by atoms with van der Waals surface area (Å²) < 4.78 is 49.6. The van der Waals surface area contributed by atoms with Gasteiger partial charge < -0.3 is 19.4 Å². The molecule has 0 atom stereocenters. The number of ether oxygens (including phenoxy) is 1. The molecule has 1 saturated heterocycles. The maximum Gasteiger partial charge on any atom is 0.420 e. The Morgan fingerprint density at radius 3 is 2.26 bits per heavy atom. The Morgan fingerprint density at radius 2 is 1.68 bits per heavy atom. The van der Waals surface area contributed by atoms with Gasteiger partial charge in [-0.25, -0.2) is 0 Å². The van der Waals surface area contributed by atoms with Gasteiger partial charge in [0.1, 0.15) is 23.3 Å². The Balaban J connectivity index is 1.34. The third-order valence-electron chi connectivity index (χ3n) is 6.77. The zero-order valence-electron chi connectivity index (χ0n) is 21.4. The lowest BCUT2D eigenvalue weighted by Gasteiger charge is -2.32. The van der Waals surface area contributed by atoms with E-state index in [0.29, 0.717) is 30.6 Å². The molecule has 1 aromatic heterocycles. The number of likely N-dealkylation sites (tertiary alicyclic amines) is 1. The molecule has 2 aromatic carbocycles. The van der Waals surface area contributed by atoms with Crippen LogP contribution in [0.15, 0.2) is 64.8 Å². The number of carbonyl (C=O) groups is 2. The molecular weight excluding hydrogens is 497 g/mol. The molecule has 6 nitrogen and oxygen atoms in total. The minimum atomic E-state index is -4.69. The van der Waals surface area contributed by atoms with Crippen LogP contribution in [0.2, 0.25) is 0 Å². The number of rotatable bonds is 6. The van der Waals surface area contributed by atoms with E-state index < -0.39 is 23.2 Å². The van der Waals surface area contributed by atoms with Crippen LogP contribution in [0.3, 0.4) is 0 Å². The van der Waals surface area contributed by atoms with Crippen molar-refractivity contribution in [2.45, 2.75) is 38.8 Å². The fraction of sp³-hybridized carbons (Fsp3) is 0.310. The van der Waals surface area contributed by atoms with E-state index >= 15 is 0 Å². The van der Waals surface area contributed by atoms with Crippen molar-refractivity contribution in [2.75, 3.05) is 25.5 Å². The van der Waals surface area contributed by atoms with E-state index in [1.807, 2.05) is 54.3 Å². The highest BCUT2D eigenvalue weighted by molar-refractivity contribution is 6.06. The number of benzene rings is 2. The number of anilines is 1. The molecule has 1 N–H and O–H groups in total. The fourth-order valence-electron chi connectivity index (χ4n) is 4.65. The summed E-state index contributed by atoms with van der Waals surface area (Å²) in [6, 6.07) is 14.6. The second-order valence-corrected chi connectivity index (χ2v) is 9.32.